The Morgan fingerprint density at radius 3 is 2.26 bits per heavy atom. The van der Waals surface area contributed by atoms with E-state index in [1.54, 1.807) is 47.4 Å². The quantitative estimate of drug-likeness (QED) is 0.315. The minimum atomic E-state index is -1.21. The van der Waals surface area contributed by atoms with Crippen molar-refractivity contribution in [3.05, 3.63) is 105 Å². The van der Waals surface area contributed by atoms with Gasteiger partial charge in [-0.05, 0) is 34.9 Å². The lowest BCUT2D eigenvalue weighted by Gasteiger charge is -2.38. The molecule has 2 atom stereocenters. The molecule has 0 aromatic heterocycles. The third-order valence-electron chi connectivity index (χ3n) is 7.78. The number of rotatable bonds is 7. The van der Waals surface area contributed by atoms with E-state index in [1.807, 2.05) is 29.2 Å². The average Bonchev–Trinajstić information content (AvgIpc) is 3.00. The molecular formula is C30H30ClN5O6. The number of halogens is 1. The standard InChI is InChI=1S/C30H30ClN5O6/c31-23-11-9-20(10-12-23)17-24(32-28(37)27-18-21-5-1-2-6-22(21)19-35(27)30(39)40)29(38)34-15-13-33(14-16-34)25-7-3-4-8-26(25)36(41)42/h1-12,24,27H,13-19H2,(H,32,37)(H,39,40)/t24-,27+/m1/s1. The second-order valence-corrected chi connectivity index (χ2v) is 10.8. The largest absolute Gasteiger partial charge is 0.465 e. The normalized spacial score (nSPS) is 17.3. The molecule has 42 heavy (non-hydrogen) atoms. The van der Waals surface area contributed by atoms with Gasteiger partial charge in [-0.15, -0.1) is 0 Å². The zero-order valence-corrected chi connectivity index (χ0v) is 23.4. The van der Waals surface area contributed by atoms with Gasteiger partial charge < -0.3 is 20.2 Å². The zero-order valence-electron chi connectivity index (χ0n) is 22.7. The third-order valence-corrected chi connectivity index (χ3v) is 8.03. The van der Waals surface area contributed by atoms with Crippen molar-refractivity contribution >= 4 is 40.9 Å². The monoisotopic (exact) mass is 591 g/mol. The van der Waals surface area contributed by atoms with Crippen LogP contribution >= 0.6 is 11.6 Å². The molecule has 1 saturated heterocycles. The fourth-order valence-electron chi connectivity index (χ4n) is 5.56. The van der Waals surface area contributed by atoms with E-state index in [0.717, 1.165) is 21.6 Å². The van der Waals surface area contributed by atoms with Crippen molar-refractivity contribution in [3.8, 4) is 0 Å². The van der Waals surface area contributed by atoms with Crippen molar-refractivity contribution < 1.29 is 24.4 Å². The van der Waals surface area contributed by atoms with E-state index < -0.39 is 29.0 Å². The van der Waals surface area contributed by atoms with Gasteiger partial charge in [-0.3, -0.25) is 24.6 Å². The van der Waals surface area contributed by atoms with Crippen LogP contribution in [-0.4, -0.2) is 76.0 Å². The second-order valence-electron chi connectivity index (χ2n) is 10.3. The molecule has 12 heteroatoms. The summed E-state index contributed by atoms with van der Waals surface area (Å²) in [5, 5.41) is 24.8. The number of carbonyl (C=O) groups is 3. The highest BCUT2D eigenvalue weighted by Gasteiger charge is 2.37. The third kappa shape index (κ3) is 6.31. The first-order chi connectivity index (χ1) is 20.2. The van der Waals surface area contributed by atoms with Gasteiger partial charge in [-0.1, -0.05) is 60.1 Å². The molecule has 0 spiro atoms. The summed E-state index contributed by atoms with van der Waals surface area (Å²) in [4.78, 5) is 55.3. The zero-order chi connectivity index (χ0) is 29.8. The fourth-order valence-corrected chi connectivity index (χ4v) is 5.68. The lowest BCUT2D eigenvalue weighted by Crippen LogP contribution is -2.59. The summed E-state index contributed by atoms with van der Waals surface area (Å²) < 4.78 is 0. The van der Waals surface area contributed by atoms with Crippen molar-refractivity contribution in [3.63, 3.8) is 0 Å². The number of fused-ring (bicyclic) bond motifs is 1. The molecule has 3 amide bonds. The van der Waals surface area contributed by atoms with Crippen LogP contribution in [0.5, 0.6) is 0 Å². The SMILES string of the molecule is O=C(N[C@H](Cc1ccc(Cl)cc1)C(=O)N1CCN(c2ccccc2[N+](=O)[O-])CC1)[C@@H]1Cc2ccccc2CN1C(=O)O. The molecule has 0 saturated carbocycles. The summed E-state index contributed by atoms with van der Waals surface area (Å²) in [6.07, 6.45) is -0.830. The van der Waals surface area contributed by atoms with E-state index in [4.69, 9.17) is 11.6 Å². The predicted molar refractivity (Wildman–Crippen MR) is 156 cm³/mol. The van der Waals surface area contributed by atoms with E-state index in [2.05, 4.69) is 5.32 Å². The van der Waals surface area contributed by atoms with Crippen LogP contribution in [-0.2, 0) is 29.0 Å². The molecule has 11 nitrogen and oxygen atoms in total. The van der Waals surface area contributed by atoms with Gasteiger partial charge in [0.25, 0.3) is 5.69 Å². The summed E-state index contributed by atoms with van der Waals surface area (Å²) in [6, 6.07) is 18.9. The van der Waals surface area contributed by atoms with Gasteiger partial charge in [0.05, 0.1) is 11.5 Å². The first-order valence-corrected chi connectivity index (χ1v) is 14.0. The molecule has 218 valence electrons. The number of nitro groups is 1. The molecule has 2 aliphatic rings. The van der Waals surface area contributed by atoms with Crippen LogP contribution < -0.4 is 10.2 Å². The van der Waals surface area contributed by atoms with Gasteiger partial charge in [-0.25, -0.2) is 4.79 Å². The van der Waals surface area contributed by atoms with Crippen LogP contribution in [0.2, 0.25) is 5.02 Å². The number of anilines is 1. The molecule has 3 aromatic rings. The number of amides is 3. The van der Waals surface area contributed by atoms with Crippen molar-refractivity contribution in [2.75, 3.05) is 31.1 Å². The van der Waals surface area contributed by atoms with Crippen LogP contribution in [0.15, 0.2) is 72.8 Å². The minimum absolute atomic E-state index is 0.00203. The molecule has 5 rings (SSSR count). The maximum atomic E-state index is 13.8. The topological polar surface area (TPSA) is 136 Å². The molecule has 0 aliphatic carbocycles. The molecule has 0 radical (unpaired) electrons. The number of carbonyl (C=O) groups excluding carboxylic acids is 2. The molecular weight excluding hydrogens is 562 g/mol. The summed E-state index contributed by atoms with van der Waals surface area (Å²) in [5.74, 6) is -0.851. The summed E-state index contributed by atoms with van der Waals surface area (Å²) in [7, 11) is 0. The Hall–Kier alpha value is -4.64. The second kappa shape index (κ2) is 12.5. The maximum Gasteiger partial charge on any atom is 0.408 e. The van der Waals surface area contributed by atoms with E-state index in [9.17, 15) is 29.6 Å². The van der Waals surface area contributed by atoms with E-state index >= 15 is 0 Å². The molecule has 2 N–H and O–H groups in total. The highest BCUT2D eigenvalue weighted by atomic mass is 35.5. The van der Waals surface area contributed by atoms with Gasteiger partial charge in [0.15, 0.2) is 0 Å². The smallest absolute Gasteiger partial charge is 0.408 e. The molecule has 0 bridgehead atoms. The molecule has 3 aromatic carbocycles. The number of para-hydroxylation sites is 2. The molecule has 1 fully saturated rings. The van der Waals surface area contributed by atoms with Crippen molar-refractivity contribution in [2.24, 2.45) is 0 Å². The Morgan fingerprint density at radius 2 is 1.60 bits per heavy atom. The number of piperazine rings is 1. The number of nitrogens with one attached hydrogen (secondary N) is 1. The van der Waals surface area contributed by atoms with Crippen LogP contribution in [0.4, 0.5) is 16.2 Å². The average molecular weight is 592 g/mol. The highest BCUT2D eigenvalue weighted by Crippen LogP contribution is 2.29. The summed E-state index contributed by atoms with van der Waals surface area (Å²) in [6.45, 7) is 1.44. The number of hydrogen-bond donors (Lipinski definition) is 2. The van der Waals surface area contributed by atoms with Gasteiger partial charge in [-0.2, -0.15) is 0 Å². The van der Waals surface area contributed by atoms with Crippen LogP contribution in [0.25, 0.3) is 0 Å². The van der Waals surface area contributed by atoms with Crippen LogP contribution in [0.3, 0.4) is 0 Å². The van der Waals surface area contributed by atoms with Crippen molar-refractivity contribution in [1.82, 2.24) is 15.1 Å². The Labute approximate surface area is 247 Å². The van der Waals surface area contributed by atoms with E-state index in [-0.39, 0.29) is 31.0 Å². The molecule has 2 heterocycles. The summed E-state index contributed by atoms with van der Waals surface area (Å²) >= 11 is 6.05. The van der Waals surface area contributed by atoms with Crippen LogP contribution in [0.1, 0.15) is 16.7 Å². The highest BCUT2D eigenvalue weighted by molar-refractivity contribution is 6.30. The Bertz CT molecular complexity index is 1490. The van der Waals surface area contributed by atoms with Crippen LogP contribution in [0, 0.1) is 10.1 Å². The fraction of sp³-hybridized carbons (Fsp3) is 0.300. The lowest BCUT2D eigenvalue weighted by molar-refractivity contribution is -0.384. The number of nitrogens with zero attached hydrogens (tertiary/aromatic N) is 4. The number of nitro benzene ring substituents is 1. The Kier molecular flexibility index (Phi) is 8.58. The number of carboxylic acid groups (broad SMARTS) is 1. The van der Waals surface area contributed by atoms with E-state index in [1.165, 1.54) is 6.07 Å². The van der Waals surface area contributed by atoms with Crippen molar-refractivity contribution in [2.45, 2.75) is 31.5 Å². The predicted octanol–water partition coefficient (Wildman–Crippen LogP) is 3.73. The van der Waals surface area contributed by atoms with Gasteiger partial charge >= 0.3 is 6.09 Å². The maximum absolute atomic E-state index is 13.8. The van der Waals surface area contributed by atoms with E-state index in [0.29, 0.717) is 36.9 Å². The first kappa shape index (κ1) is 28.9. The van der Waals surface area contributed by atoms with Gasteiger partial charge in [0.1, 0.15) is 17.8 Å². The first-order valence-electron chi connectivity index (χ1n) is 13.6. The van der Waals surface area contributed by atoms with Gasteiger partial charge in [0.2, 0.25) is 11.8 Å². The Morgan fingerprint density at radius 1 is 0.952 bits per heavy atom. The molecule has 2 aliphatic heterocycles. The van der Waals surface area contributed by atoms with Crippen molar-refractivity contribution in [1.29, 1.82) is 0 Å². The minimum Gasteiger partial charge on any atom is -0.465 e. The lowest BCUT2D eigenvalue weighted by atomic mass is 9.93. The number of benzene rings is 3. The summed E-state index contributed by atoms with van der Waals surface area (Å²) in [5.41, 5.74) is 3.01. The Balaban J connectivity index is 1.34. The molecule has 0 unspecified atom stereocenters. The number of hydrogen-bond acceptors (Lipinski definition) is 6. The van der Waals surface area contributed by atoms with Gasteiger partial charge in [0, 0.05) is 50.1 Å².